The Labute approximate surface area is 143 Å². The lowest BCUT2D eigenvalue weighted by atomic mass is 10.0. The Kier molecular flexibility index (Phi) is 3.73. The van der Waals surface area contributed by atoms with Crippen LogP contribution in [-0.2, 0) is 0 Å². The van der Waals surface area contributed by atoms with Crippen LogP contribution < -0.4 is 5.32 Å². The standard InChI is InChI=1S/C17H19BrN4O/c1-11-16(8-20-22(11)15-4-2-3-14(18)5-15)17(23)21-9-12-6-19-7-13(12)10-21/h2-5,8,12-13,19H,6-7,9-10H2,1H3/t12-,13+. The van der Waals surface area contributed by atoms with E-state index in [9.17, 15) is 4.79 Å². The van der Waals surface area contributed by atoms with Crippen LogP contribution >= 0.6 is 15.9 Å². The molecule has 5 nitrogen and oxygen atoms in total. The first-order valence-electron chi connectivity index (χ1n) is 7.94. The first-order chi connectivity index (χ1) is 11.1. The van der Waals surface area contributed by atoms with Crippen molar-refractivity contribution >= 4 is 21.8 Å². The summed E-state index contributed by atoms with van der Waals surface area (Å²) >= 11 is 3.48. The zero-order chi connectivity index (χ0) is 16.0. The molecule has 6 heteroatoms. The van der Waals surface area contributed by atoms with Crippen molar-refractivity contribution in [2.75, 3.05) is 26.2 Å². The SMILES string of the molecule is Cc1c(C(=O)N2C[C@H]3CNC[C@H]3C2)cnn1-c1cccc(Br)c1. The molecule has 1 aromatic heterocycles. The Morgan fingerprint density at radius 3 is 2.74 bits per heavy atom. The van der Waals surface area contributed by atoms with Gasteiger partial charge in [0.25, 0.3) is 5.91 Å². The summed E-state index contributed by atoms with van der Waals surface area (Å²) in [6.07, 6.45) is 1.70. The molecule has 1 aromatic carbocycles. The second kappa shape index (κ2) is 5.76. The van der Waals surface area contributed by atoms with Crippen molar-refractivity contribution in [2.45, 2.75) is 6.92 Å². The van der Waals surface area contributed by atoms with Crippen molar-refractivity contribution in [2.24, 2.45) is 11.8 Å². The maximum Gasteiger partial charge on any atom is 0.257 e. The van der Waals surface area contributed by atoms with Crippen LogP contribution in [0, 0.1) is 18.8 Å². The fraction of sp³-hybridized carbons (Fsp3) is 0.412. The van der Waals surface area contributed by atoms with Gasteiger partial charge in [0.15, 0.2) is 0 Å². The van der Waals surface area contributed by atoms with E-state index >= 15 is 0 Å². The Hall–Kier alpha value is -1.66. The van der Waals surface area contributed by atoms with Gasteiger partial charge in [-0.2, -0.15) is 5.10 Å². The van der Waals surface area contributed by atoms with Crippen molar-refractivity contribution in [3.63, 3.8) is 0 Å². The van der Waals surface area contributed by atoms with Gasteiger partial charge in [0, 0.05) is 30.7 Å². The Balaban J connectivity index is 1.59. The number of halogens is 1. The number of fused-ring (bicyclic) bond motifs is 1. The summed E-state index contributed by atoms with van der Waals surface area (Å²) in [6.45, 7) is 5.74. The van der Waals surface area contributed by atoms with Gasteiger partial charge in [-0.1, -0.05) is 22.0 Å². The second-order valence-corrected chi connectivity index (χ2v) is 7.34. The van der Waals surface area contributed by atoms with E-state index in [1.807, 2.05) is 40.8 Å². The number of aromatic nitrogens is 2. The third-order valence-corrected chi connectivity index (χ3v) is 5.46. The van der Waals surface area contributed by atoms with E-state index < -0.39 is 0 Å². The first kappa shape index (κ1) is 14.9. The molecule has 2 aliphatic heterocycles. The first-order valence-corrected chi connectivity index (χ1v) is 8.73. The molecule has 3 heterocycles. The third kappa shape index (κ3) is 2.60. The number of nitrogens with one attached hydrogen (secondary N) is 1. The molecule has 0 aliphatic carbocycles. The summed E-state index contributed by atoms with van der Waals surface area (Å²) in [5.41, 5.74) is 2.56. The molecule has 0 bridgehead atoms. The average molecular weight is 375 g/mol. The van der Waals surface area contributed by atoms with Crippen LogP contribution in [0.1, 0.15) is 16.1 Å². The van der Waals surface area contributed by atoms with Gasteiger partial charge in [0.1, 0.15) is 0 Å². The molecule has 1 amide bonds. The molecule has 2 fully saturated rings. The van der Waals surface area contributed by atoms with E-state index in [1.165, 1.54) is 0 Å². The van der Waals surface area contributed by atoms with Crippen LogP contribution in [0.25, 0.3) is 5.69 Å². The number of carbonyl (C=O) groups excluding carboxylic acids is 1. The number of hydrogen-bond acceptors (Lipinski definition) is 3. The quantitative estimate of drug-likeness (QED) is 0.876. The third-order valence-electron chi connectivity index (χ3n) is 4.97. The summed E-state index contributed by atoms with van der Waals surface area (Å²) in [4.78, 5) is 14.8. The van der Waals surface area contributed by atoms with Crippen LogP contribution in [-0.4, -0.2) is 46.8 Å². The van der Waals surface area contributed by atoms with E-state index in [0.717, 1.165) is 42.0 Å². The van der Waals surface area contributed by atoms with Crippen LogP contribution in [0.3, 0.4) is 0 Å². The van der Waals surface area contributed by atoms with Gasteiger partial charge in [-0.25, -0.2) is 4.68 Å². The van der Waals surface area contributed by atoms with Gasteiger partial charge < -0.3 is 10.2 Å². The minimum atomic E-state index is 0.109. The fourth-order valence-corrected chi connectivity index (χ4v) is 4.07. The molecule has 4 rings (SSSR count). The summed E-state index contributed by atoms with van der Waals surface area (Å²) in [5.74, 6) is 1.33. The molecule has 0 unspecified atom stereocenters. The molecular weight excluding hydrogens is 356 g/mol. The maximum absolute atomic E-state index is 12.9. The number of benzene rings is 1. The maximum atomic E-state index is 12.9. The molecule has 2 aromatic rings. The summed E-state index contributed by atoms with van der Waals surface area (Å²) in [7, 11) is 0. The normalized spacial score (nSPS) is 23.3. The number of hydrogen-bond donors (Lipinski definition) is 1. The largest absolute Gasteiger partial charge is 0.338 e. The molecule has 2 atom stereocenters. The summed E-state index contributed by atoms with van der Waals surface area (Å²) in [5, 5.41) is 7.83. The monoisotopic (exact) mass is 374 g/mol. The van der Waals surface area contributed by atoms with Crippen molar-refractivity contribution in [1.82, 2.24) is 20.0 Å². The topological polar surface area (TPSA) is 50.2 Å². The molecule has 23 heavy (non-hydrogen) atoms. The van der Waals surface area contributed by atoms with E-state index in [2.05, 4.69) is 26.3 Å². The van der Waals surface area contributed by atoms with Crippen molar-refractivity contribution < 1.29 is 4.79 Å². The lowest BCUT2D eigenvalue weighted by Crippen LogP contribution is -2.32. The van der Waals surface area contributed by atoms with Crippen molar-refractivity contribution in [3.05, 3.63) is 46.2 Å². The molecule has 0 spiro atoms. The van der Waals surface area contributed by atoms with Crippen molar-refractivity contribution in [3.8, 4) is 5.69 Å². The van der Waals surface area contributed by atoms with Crippen LogP contribution in [0.15, 0.2) is 34.9 Å². The number of nitrogens with zero attached hydrogens (tertiary/aromatic N) is 3. The molecule has 120 valence electrons. The molecule has 0 radical (unpaired) electrons. The van der Waals surface area contributed by atoms with Gasteiger partial charge >= 0.3 is 0 Å². The molecule has 2 saturated heterocycles. The highest BCUT2D eigenvalue weighted by atomic mass is 79.9. The minimum Gasteiger partial charge on any atom is -0.338 e. The highest BCUT2D eigenvalue weighted by molar-refractivity contribution is 9.10. The van der Waals surface area contributed by atoms with Gasteiger partial charge in [-0.3, -0.25) is 4.79 Å². The van der Waals surface area contributed by atoms with Gasteiger partial charge in [0.2, 0.25) is 0 Å². The van der Waals surface area contributed by atoms with Crippen molar-refractivity contribution in [1.29, 1.82) is 0 Å². The van der Waals surface area contributed by atoms with Crippen LogP contribution in [0.5, 0.6) is 0 Å². The fourth-order valence-electron chi connectivity index (χ4n) is 3.68. The van der Waals surface area contributed by atoms with E-state index in [0.29, 0.717) is 17.4 Å². The predicted molar refractivity (Wildman–Crippen MR) is 91.8 cm³/mol. The Morgan fingerprint density at radius 2 is 2.04 bits per heavy atom. The van der Waals surface area contributed by atoms with E-state index in [1.54, 1.807) is 6.20 Å². The number of likely N-dealkylation sites (tertiary alicyclic amines) is 1. The molecule has 0 saturated carbocycles. The highest BCUT2D eigenvalue weighted by Crippen LogP contribution is 2.28. The second-order valence-electron chi connectivity index (χ2n) is 6.42. The molecular formula is C17H19BrN4O. The molecule has 1 N–H and O–H groups in total. The number of carbonyl (C=O) groups is 1. The lowest BCUT2D eigenvalue weighted by molar-refractivity contribution is 0.0781. The minimum absolute atomic E-state index is 0.109. The molecule has 2 aliphatic rings. The number of rotatable bonds is 2. The summed E-state index contributed by atoms with van der Waals surface area (Å²) in [6, 6.07) is 7.94. The van der Waals surface area contributed by atoms with Crippen LogP contribution in [0.4, 0.5) is 0 Å². The summed E-state index contributed by atoms with van der Waals surface area (Å²) < 4.78 is 2.83. The van der Waals surface area contributed by atoms with Crippen LogP contribution in [0.2, 0.25) is 0 Å². The van der Waals surface area contributed by atoms with E-state index in [-0.39, 0.29) is 5.91 Å². The zero-order valence-corrected chi connectivity index (χ0v) is 14.6. The average Bonchev–Trinajstić information content (AvgIpc) is 3.20. The predicted octanol–water partition coefficient (Wildman–Crippen LogP) is 2.23. The van der Waals surface area contributed by atoms with Gasteiger partial charge in [0.05, 0.1) is 23.1 Å². The van der Waals surface area contributed by atoms with E-state index in [4.69, 9.17) is 0 Å². The lowest BCUT2D eigenvalue weighted by Gasteiger charge is -2.17. The smallest absolute Gasteiger partial charge is 0.257 e. The highest BCUT2D eigenvalue weighted by Gasteiger charge is 2.38. The van der Waals surface area contributed by atoms with Gasteiger partial charge in [-0.05, 0) is 37.0 Å². The zero-order valence-electron chi connectivity index (χ0n) is 13.0. The Morgan fingerprint density at radius 1 is 1.30 bits per heavy atom. The van der Waals surface area contributed by atoms with Gasteiger partial charge in [-0.15, -0.1) is 0 Å². The Bertz CT molecular complexity index is 745. The number of amides is 1.